The van der Waals surface area contributed by atoms with Gasteiger partial charge in [-0.05, 0) is 25.1 Å². The Labute approximate surface area is 99.4 Å². The molecule has 1 aromatic carbocycles. The van der Waals surface area contributed by atoms with Crippen LogP contribution in [-0.4, -0.2) is 4.98 Å². The number of thiazole rings is 1. The van der Waals surface area contributed by atoms with Gasteiger partial charge in [0.25, 0.3) is 0 Å². The van der Waals surface area contributed by atoms with Gasteiger partial charge in [-0.1, -0.05) is 12.0 Å². The van der Waals surface area contributed by atoms with Gasteiger partial charge in [0, 0.05) is 16.6 Å². The lowest BCUT2D eigenvalue weighted by atomic mass is 10.2. The first-order valence-corrected chi connectivity index (χ1v) is 5.87. The molecule has 0 saturated carbocycles. The topological polar surface area (TPSA) is 24.9 Å². The van der Waals surface area contributed by atoms with Gasteiger partial charge in [-0.15, -0.1) is 17.8 Å². The molecule has 0 saturated heterocycles. The molecule has 80 valence electrons. The summed E-state index contributed by atoms with van der Waals surface area (Å²) >= 11 is 1.66. The van der Waals surface area contributed by atoms with Crippen LogP contribution < -0.4 is 5.32 Å². The average molecular weight is 228 g/mol. The van der Waals surface area contributed by atoms with Gasteiger partial charge in [0.2, 0.25) is 0 Å². The van der Waals surface area contributed by atoms with E-state index in [0.29, 0.717) is 0 Å². The standard InChI is InChI=1S/C13H12N2S/c1-3-11-5-4-6-12(7-11)14-8-13-9-16-10(2)15-13/h1,4-7,9,14H,8H2,2H3. The van der Waals surface area contributed by atoms with Crippen LogP contribution in [-0.2, 0) is 6.54 Å². The molecule has 0 aliphatic heterocycles. The summed E-state index contributed by atoms with van der Waals surface area (Å²) in [5, 5.41) is 6.45. The Morgan fingerprint density at radius 3 is 3.06 bits per heavy atom. The Hall–Kier alpha value is -1.79. The van der Waals surface area contributed by atoms with E-state index in [9.17, 15) is 0 Å². The van der Waals surface area contributed by atoms with Crippen molar-refractivity contribution >= 4 is 17.0 Å². The molecular weight excluding hydrogens is 216 g/mol. The van der Waals surface area contributed by atoms with Gasteiger partial charge >= 0.3 is 0 Å². The van der Waals surface area contributed by atoms with E-state index in [0.717, 1.165) is 28.5 Å². The molecule has 2 rings (SSSR count). The highest BCUT2D eigenvalue weighted by molar-refractivity contribution is 7.09. The third kappa shape index (κ3) is 2.62. The zero-order valence-corrected chi connectivity index (χ0v) is 9.84. The van der Waals surface area contributed by atoms with Crippen molar-refractivity contribution in [1.82, 2.24) is 4.98 Å². The van der Waals surface area contributed by atoms with E-state index in [-0.39, 0.29) is 0 Å². The normalized spacial score (nSPS) is 9.75. The van der Waals surface area contributed by atoms with Crippen molar-refractivity contribution in [3.63, 3.8) is 0 Å². The van der Waals surface area contributed by atoms with Crippen LogP contribution in [0.4, 0.5) is 5.69 Å². The minimum absolute atomic E-state index is 0.734. The minimum atomic E-state index is 0.734. The number of hydrogen-bond acceptors (Lipinski definition) is 3. The van der Waals surface area contributed by atoms with Crippen LogP contribution in [0.2, 0.25) is 0 Å². The molecule has 0 bridgehead atoms. The van der Waals surface area contributed by atoms with Crippen LogP contribution in [0.5, 0.6) is 0 Å². The fraction of sp³-hybridized carbons (Fsp3) is 0.154. The molecule has 2 nitrogen and oxygen atoms in total. The van der Waals surface area contributed by atoms with Crippen molar-refractivity contribution < 1.29 is 0 Å². The molecule has 1 N–H and O–H groups in total. The zero-order valence-electron chi connectivity index (χ0n) is 9.03. The van der Waals surface area contributed by atoms with E-state index >= 15 is 0 Å². The summed E-state index contributed by atoms with van der Waals surface area (Å²) < 4.78 is 0. The smallest absolute Gasteiger partial charge is 0.0898 e. The van der Waals surface area contributed by atoms with Crippen LogP contribution in [0, 0.1) is 19.3 Å². The third-order valence-electron chi connectivity index (χ3n) is 2.17. The number of aromatic nitrogens is 1. The molecule has 0 aliphatic rings. The second kappa shape index (κ2) is 4.82. The Bertz CT molecular complexity index is 523. The summed E-state index contributed by atoms with van der Waals surface area (Å²) in [7, 11) is 0. The predicted molar refractivity (Wildman–Crippen MR) is 68.6 cm³/mol. The maximum absolute atomic E-state index is 5.34. The maximum Gasteiger partial charge on any atom is 0.0898 e. The van der Waals surface area contributed by atoms with Gasteiger partial charge in [0.1, 0.15) is 0 Å². The third-order valence-corrected chi connectivity index (χ3v) is 2.99. The number of hydrogen-bond donors (Lipinski definition) is 1. The number of aryl methyl sites for hydroxylation is 1. The molecule has 3 heteroatoms. The first-order valence-electron chi connectivity index (χ1n) is 4.99. The van der Waals surface area contributed by atoms with Crippen molar-refractivity contribution in [1.29, 1.82) is 0 Å². The highest BCUT2D eigenvalue weighted by Gasteiger charge is 1.98. The molecule has 1 aromatic heterocycles. The quantitative estimate of drug-likeness (QED) is 0.817. The molecule has 0 radical (unpaired) electrons. The largest absolute Gasteiger partial charge is 0.379 e. The lowest BCUT2D eigenvalue weighted by Gasteiger charge is -2.04. The SMILES string of the molecule is C#Cc1cccc(NCc2csc(C)n2)c1. The molecule has 0 fully saturated rings. The highest BCUT2D eigenvalue weighted by atomic mass is 32.1. The second-order valence-electron chi connectivity index (χ2n) is 3.44. The van der Waals surface area contributed by atoms with Gasteiger partial charge in [-0.25, -0.2) is 4.98 Å². The van der Waals surface area contributed by atoms with Crippen molar-refractivity contribution in [2.24, 2.45) is 0 Å². The average Bonchev–Trinajstić information content (AvgIpc) is 2.73. The predicted octanol–water partition coefficient (Wildman–Crippen LogP) is 3.04. The van der Waals surface area contributed by atoms with E-state index in [1.165, 1.54) is 0 Å². The lowest BCUT2D eigenvalue weighted by Crippen LogP contribution is -1.99. The van der Waals surface area contributed by atoms with Gasteiger partial charge in [0.05, 0.1) is 17.2 Å². The van der Waals surface area contributed by atoms with Crippen molar-refractivity contribution in [2.45, 2.75) is 13.5 Å². The molecule has 0 spiro atoms. The van der Waals surface area contributed by atoms with Crippen LogP contribution in [0.15, 0.2) is 29.6 Å². The van der Waals surface area contributed by atoms with Crippen LogP contribution in [0.3, 0.4) is 0 Å². The Morgan fingerprint density at radius 1 is 1.50 bits per heavy atom. The van der Waals surface area contributed by atoms with Crippen LogP contribution in [0.25, 0.3) is 0 Å². The number of anilines is 1. The highest BCUT2D eigenvalue weighted by Crippen LogP contribution is 2.13. The fourth-order valence-electron chi connectivity index (χ4n) is 1.40. The van der Waals surface area contributed by atoms with Crippen LogP contribution in [0.1, 0.15) is 16.3 Å². The number of rotatable bonds is 3. The van der Waals surface area contributed by atoms with Gasteiger partial charge in [-0.3, -0.25) is 0 Å². The van der Waals surface area contributed by atoms with E-state index in [1.54, 1.807) is 11.3 Å². The van der Waals surface area contributed by atoms with E-state index < -0.39 is 0 Å². The first-order chi connectivity index (χ1) is 7.78. The number of terminal acetylenes is 1. The Balaban J connectivity index is 2.02. The number of benzene rings is 1. The Morgan fingerprint density at radius 2 is 2.38 bits per heavy atom. The molecule has 0 unspecified atom stereocenters. The monoisotopic (exact) mass is 228 g/mol. The summed E-state index contributed by atoms with van der Waals surface area (Å²) in [6, 6.07) is 7.82. The summed E-state index contributed by atoms with van der Waals surface area (Å²) in [6.45, 7) is 2.74. The molecule has 2 aromatic rings. The molecule has 16 heavy (non-hydrogen) atoms. The number of nitrogens with one attached hydrogen (secondary N) is 1. The molecule has 0 amide bonds. The second-order valence-corrected chi connectivity index (χ2v) is 4.50. The zero-order chi connectivity index (χ0) is 11.4. The van der Waals surface area contributed by atoms with Crippen molar-refractivity contribution in [3.8, 4) is 12.3 Å². The minimum Gasteiger partial charge on any atom is -0.379 e. The fourth-order valence-corrected chi connectivity index (χ4v) is 2.01. The Kier molecular flexibility index (Phi) is 3.23. The summed E-state index contributed by atoms with van der Waals surface area (Å²) in [5.74, 6) is 2.62. The molecule has 0 atom stereocenters. The van der Waals surface area contributed by atoms with E-state index in [2.05, 4.69) is 21.6 Å². The summed E-state index contributed by atoms with van der Waals surface area (Å²) in [6.07, 6.45) is 5.34. The van der Waals surface area contributed by atoms with E-state index in [1.807, 2.05) is 31.2 Å². The van der Waals surface area contributed by atoms with Crippen LogP contribution >= 0.6 is 11.3 Å². The van der Waals surface area contributed by atoms with Crippen molar-refractivity contribution in [2.75, 3.05) is 5.32 Å². The van der Waals surface area contributed by atoms with Gasteiger partial charge < -0.3 is 5.32 Å². The number of nitrogens with zero attached hydrogens (tertiary/aromatic N) is 1. The molecule has 0 aliphatic carbocycles. The first kappa shape index (κ1) is 10.7. The van der Waals surface area contributed by atoms with Crippen molar-refractivity contribution in [3.05, 3.63) is 45.9 Å². The van der Waals surface area contributed by atoms with Gasteiger partial charge in [-0.2, -0.15) is 0 Å². The summed E-state index contributed by atoms with van der Waals surface area (Å²) in [4.78, 5) is 4.38. The molecule has 1 heterocycles. The maximum atomic E-state index is 5.34. The van der Waals surface area contributed by atoms with Gasteiger partial charge in [0.15, 0.2) is 0 Å². The lowest BCUT2D eigenvalue weighted by molar-refractivity contribution is 1.05. The van der Waals surface area contributed by atoms with E-state index in [4.69, 9.17) is 6.42 Å². The summed E-state index contributed by atoms with van der Waals surface area (Å²) in [5.41, 5.74) is 2.98. The molecular formula is C13H12N2S.